The summed E-state index contributed by atoms with van der Waals surface area (Å²) in [4.78, 5) is 15.0. The molecule has 0 saturated carbocycles. The third kappa shape index (κ3) is 21.7. The molecule has 0 aromatic carbocycles. The first kappa shape index (κ1) is 38.3. The summed E-state index contributed by atoms with van der Waals surface area (Å²) in [5.74, 6) is -0.352. The first-order valence-corrected chi connectivity index (χ1v) is 23.7. The molecule has 0 heterocycles. The zero-order valence-electron chi connectivity index (χ0n) is 26.4. The van der Waals surface area contributed by atoms with Gasteiger partial charge in [-0.15, -0.1) is 0 Å². The van der Waals surface area contributed by atoms with Crippen molar-refractivity contribution in [3.05, 3.63) is 22.6 Å². The van der Waals surface area contributed by atoms with Gasteiger partial charge in [0.1, 0.15) is 0 Å². The molecule has 0 saturated heterocycles. The predicted molar refractivity (Wildman–Crippen MR) is 170 cm³/mol. The van der Waals surface area contributed by atoms with E-state index in [-0.39, 0.29) is 5.97 Å². The summed E-state index contributed by atoms with van der Waals surface area (Å²) in [5, 5.41) is 4.06. The molecule has 2 atom stereocenters. The average Bonchev–Trinajstić information content (AvgIpc) is 2.93. The van der Waals surface area contributed by atoms with Gasteiger partial charge in [0.25, 0.3) is 0 Å². The van der Waals surface area contributed by atoms with Crippen LogP contribution in [0, 0.1) is 0 Å². The van der Waals surface area contributed by atoms with Gasteiger partial charge in [-0.1, -0.05) is 45.4 Å². The van der Waals surface area contributed by atoms with Crippen molar-refractivity contribution in [1.82, 2.24) is 0 Å². The standard InChI is InChI=1S/C20H36N3O3.3C4H9.Sn/c1-3-4-5-6-7-8-9-10-11-12-13-14-15-16-20(26-18(2)25)19(17-24)22-23-21;3*1-3-4-2;/h15-16,19-20H,3-14,17H2,1-2H3;3*1,3-4H2,2H3;/q-1;;;;+1/b16-15+;;;;/t19-,20+;;;;/m0..../s1. The fourth-order valence-electron chi connectivity index (χ4n) is 5.21. The number of carbonyl (C=O) groups excluding carboxylic acids is 1. The zero-order chi connectivity index (χ0) is 29.0. The summed E-state index contributed by atoms with van der Waals surface area (Å²) in [6, 6.07) is -0.520. The Morgan fingerprint density at radius 3 is 1.67 bits per heavy atom. The summed E-state index contributed by atoms with van der Waals surface area (Å²) >= 11 is -2.85. The van der Waals surface area contributed by atoms with Crippen LogP contribution in [0.1, 0.15) is 150 Å². The van der Waals surface area contributed by atoms with Gasteiger partial charge in [-0.05, 0) is 0 Å². The quantitative estimate of drug-likeness (QED) is 0.0160. The third-order valence-corrected chi connectivity index (χ3v) is 20.8. The zero-order valence-corrected chi connectivity index (χ0v) is 29.3. The van der Waals surface area contributed by atoms with E-state index in [0.29, 0.717) is 6.61 Å². The summed E-state index contributed by atoms with van der Waals surface area (Å²) in [6.45, 7) is 10.8. The Hall–Kier alpha value is -0.721. The minimum atomic E-state index is -2.85. The monoisotopic (exact) mass is 657 g/mol. The van der Waals surface area contributed by atoms with Crippen molar-refractivity contribution in [3.63, 3.8) is 0 Å². The maximum atomic E-state index is 11.9. The van der Waals surface area contributed by atoms with Crippen LogP contribution >= 0.6 is 0 Å². The second kappa shape index (κ2) is 27.4. The molecule has 228 valence electrons. The Kier molecular flexibility index (Phi) is 26.9. The number of allylic oxidation sites excluding steroid dienone is 1. The molecule has 6 nitrogen and oxygen atoms in total. The number of unbranched alkanes of at least 4 members (excludes halogenated alkanes) is 14. The molecule has 0 spiro atoms. The molecule has 0 aliphatic carbocycles. The van der Waals surface area contributed by atoms with Crippen LogP contribution in [0.15, 0.2) is 17.3 Å². The van der Waals surface area contributed by atoms with Gasteiger partial charge in [-0.3, -0.25) is 0 Å². The number of rotatable bonds is 28. The molecule has 0 aliphatic heterocycles. The van der Waals surface area contributed by atoms with Gasteiger partial charge in [0, 0.05) is 0 Å². The van der Waals surface area contributed by atoms with E-state index in [4.69, 9.17) is 7.81 Å². The van der Waals surface area contributed by atoms with Gasteiger partial charge >= 0.3 is 202 Å². The molecule has 0 bridgehead atoms. The van der Waals surface area contributed by atoms with Gasteiger partial charge in [-0.2, -0.15) is 0 Å². The number of ether oxygens (including phenoxy) is 1. The molecule has 0 fully saturated rings. The van der Waals surface area contributed by atoms with Gasteiger partial charge in [0.15, 0.2) is 0 Å². The van der Waals surface area contributed by atoms with Gasteiger partial charge < -0.3 is 0 Å². The number of hydrogen-bond donors (Lipinski definition) is 0. The Morgan fingerprint density at radius 2 is 1.23 bits per heavy atom. The van der Waals surface area contributed by atoms with Gasteiger partial charge in [-0.25, -0.2) is 0 Å². The van der Waals surface area contributed by atoms with Crippen molar-refractivity contribution in [1.29, 1.82) is 0 Å². The van der Waals surface area contributed by atoms with Crippen LogP contribution in [0.5, 0.6) is 0 Å². The van der Waals surface area contributed by atoms with Crippen LogP contribution in [-0.4, -0.2) is 43.5 Å². The van der Waals surface area contributed by atoms with Crippen LogP contribution < -0.4 is 0 Å². The molecular weight excluding hydrogens is 593 g/mol. The van der Waals surface area contributed by atoms with Crippen molar-refractivity contribution in [2.24, 2.45) is 5.11 Å². The molecule has 0 rings (SSSR count). The minimum absolute atomic E-state index is 0.352. The van der Waals surface area contributed by atoms with E-state index in [1.165, 1.54) is 123 Å². The predicted octanol–water partition coefficient (Wildman–Crippen LogP) is 11.2. The first-order chi connectivity index (χ1) is 19.0. The average molecular weight is 657 g/mol. The van der Waals surface area contributed by atoms with E-state index in [1.54, 1.807) is 0 Å². The SMILES string of the molecule is CCCCCCCCCCCCC/C=C/[C@@H](OC(C)=O)[C@H](C[O][Sn]([CH2]CCC)([CH2]CCC)[CH2]CCC)N=[N+]=[N-]. The fourth-order valence-corrected chi connectivity index (χ4v) is 18.6. The molecule has 0 aliphatic rings. The van der Waals surface area contributed by atoms with E-state index in [1.807, 2.05) is 6.08 Å². The number of azide groups is 1. The topological polar surface area (TPSA) is 84.3 Å². The first-order valence-electron chi connectivity index (χ1n) is 16.5. The van der Waals surface area contributed by atoms with Crippen molar-refractivity contribution < 1.29 is 12.6 Å². The Bertz CT molecular complexity index is 631. The Labute approximate surface area is 246 Å². The van der Waals surface area contributed by atoms with Crippen molar-refractivity contribution in [3.8, 4) is 0 Å². The van der Waals surface area contributed by atoms with Crippen LogP contribution in [-0.2, 0) is 12.6 Å². The molecule has 0 radical (unpaired) electrons. The molecule has 39 heavy (non-hydrogen) atoms. The molecule has 0 aromatic heterocycles. The van der Waals surface area contributed by atoms with E-state index >= 15 is 0 Å². The van der Waals surface area contributed by atoms with Crippen LogP contribution in [0.25, 0.3) is 10.4 Å². The van der Waals surface area contributed by atoms with Gasteiger partial charge in [0.05, 0.1) is 0 Å². The second-order valence-electron chi connectivity index (χ2n) is 11.4. The van der Waals surface area contributed by atoms with Crippen molar-refractivity contribution in [2.75, 3.05) is 6.61 Å². The molecule has 7 heteroatoms. The normalized spacial score (nSPS) is 13.4. The number of hydrogen-bond acceptors (Lipinski definition) is 4. The van der Waals surface area contributed by atoms with E-state index < -0.39 is 30.9 Å². The number of nitrogens with zero attached hydrogens (tertiary/aromatic N) is 3. The summed E-state index contributed by atoms with van der Waals surface area (Å²) in [6.07, 6.45) is 26.1. The fraction of sp³-hybridized carbons (Fsp3) is 0.906. The van der Waals surface area contributed by atoms with Crippen LogP contribution in [0.2, 0.25) is 13.3 Å². The molecule has 0 aromatic rings. The van der Waals surface area contributed by atoms with Crippen molar-refractivity contribution >= 4 is 24.8 Å². The molecule has 0 unspecified atom stereocenters. The maximum absolute atomic E-state index is 11.9. The second-order valence-corrected chi connectivity index (χ2v) is 23.3. The Balaban J connectivity index is 4.92. The van der Waals surface area contributed by atoms with Crippen LogP contribution in [0.3, 0.4) is 0 Å². The van der Waals surface area contributed by atoms with Gasteiger partial charge in [0.2, 0.25) is 0 Å². The summed E-state index contributed by atoms with van der Waals surface area (Å²) in [5.41, 5.74) is 9.31. The van der Waals surface area contributed by atoms with Crippen LogP contribution in [0.4, 0.5) is 0 Å². The number of carbonyl (C=O) groups is 1. The Morgan fingerprint density at radius 1 is 0.769 bits per heavy atom. The van der Waals surface area contributed by atoms with E-state index in [9.17, 15) is 10.3 Å². The third-order valence-electron chi connectivity index (χ3n) is 7.70. The van der Waals surface area contributed by atoms with E-state index in [0.717, 1.165) is 12.8 Å². The summed E-state index contributed by atoms with van der Waals surface area (Å²) in [7, 11) is 0. The molecule has 0 amide bonds. The summed E-state index contributed by atoms with van der Waals surface area (Å²) < 4.78 is 16.2. The molecular formula is C32H63N3O3Sn. The van der Waals surface area contributed by atoms with E-state index in [2.05, 4.69) is 43.8 Å². The number of esters is 1. The van der Waals surface area contributed by atoms with Crippen molar-refractivity contribution in [2.45, 2.75) is 176 Å². The molecule has 0 N–H and O–H groups in total.